The highest BCUT2D eigenvalue weighted by Gasteiger charge is 2.40. The molecule has 0 bridgehead atoms. The number of amides is 4. The van der Waals surface area contributed by atoms with Crippen molar-refractivity contribution >= 4 is 51.2 Å². The van der Waals surface area contributed by atoms with Gasteiger partial charge in [-0.25, -0.2) is 9.69 Å². The maximum atomic E-state index is 14.2. The zero-order valence-electron chi connectivity index (χ0n) is 25.7. The number of nitrogens with one attached hydrogen (secondary N) is 1. The Morgan fingerprint density at radius 1 is 0.826 bits per heavy atom. The summed E-state index contributed by atoms with van der Waals surface area (Å²) in [5.74, 6) is -0.691. The molecule has 232 valence electrons. The van der Waals surface area contributed by atoms with E-state index in [1.54, 1.807) is 12.1 Å². The maximum absolute atomic E-state index is 14.2. The Morgan fingerprint density at radius 2 is 1.41 bits per heavy atom. The third-order valence-electron chi connectivity index (χ3n) is 8.99. The van der Waals surface area contributed by atoms with Crippen LogP contribution in [0, 0.1) is 0 Å². The van der Waals surface area contributed by atoms with Gasteiger partial charge in [-0.15, -0.1) is 0 Å². The summed E-state index contributed by atoms with van der Waals surface area (Å²) in [7, 11) is 0. The van der Waals surface area contributed by atoms with E-state index in [1.165, 1.54) is 22.9 Å². The molecule has 7 nitrogen and oxygen atoms in total. The van der Waals surface area contributed by atoms with Crippen LogP contribution in [0.5, 0.6) is 5.75 Å². The zero-order chi connectivity index (χ0) is 31.9. The Hall–Kier alpha value is -4.69. The number of anilines is 2. The SMILES string of the molecule is CC(C)Oc1ccc(Br)cc1/C=C1\C(=O)NC(=O)N(c2cc3c4c(c2)[C@H](c2ccccc2)CCN4CC[C@H]3c2ccccc2)C1=O. The van der Waals surface area contributed by atoms with Gasteiger partial charge in [-0.1, -0.05) is 76.6 Å². The Morgan fingerprint density at radius 3 is 1.98 bits per heavy atom. The first-order valence-electron chi connectivity index (χ1n) is 15.7. The molecule has 8 heteroatoms. The molecule has 3 aliphatic heterocycles. The fourth-order valence-corrected chi connectivity index (χ4v) is 7.39. The minimum atomic E-state index is -0.761. The van der Waals surface area contributed by atoms with Crippen LogP contribution in [0.2, 0.25) is 0 Å². The van der Waals surface area contributed by atoms with E-state index in [-0.39, 0.29) is 23.5 Å². The molecule has 1 N–H and O–H groups in total. The Bertz CT molecular complexity index is 1800. The molecule has 4 aromatic carbocycles. The van der Waals surface area contributed by atoms with Crippen LogP contribution >= 0.6 is 15.9 Å². The fourth-order valence-electron chi connectivity index (χ4n) is 7.01. The molecule has 0 aromatic heterocycles. The largest absolute Gasteiger partial charge is 0.490 e. The van der Waals surface area contributed by atoms with Crippen LogP contribution in [-0.4, -0.2) is 37.0 Å². The molecule has 3 heterocycles. The second-order valence-corrected chi connectivity index (χ2v) is 13.2. The van der Waals surface area contributed by atoms with E-state index in [0.29, 0.717) is 17.0 Å². The molecule has 0 spiro atoms. The van der Waals surface area contributed by atoms with E-state index >= 15 is 0 Å². The van der Waals surface area contributed by atoms with Crippen molar-refractivity contribution in [3.8, 4) is 5.75 Å². The molecule has 0 saturated carbocycles. The van der Waals surface area contributed by atoms with Gasteiger partial charge in [0.1, 0.15) is 11.3 Å². The van der Waals surface area contributed by atoms with Crippen LogP contribution in [0.3, 0.4) is 0 Å². The second-order valence-electron chi connectivity index (χ2n) is 12.3. The summed E-state index contributed by atoms with van der Waals surface area (Å²) in [6, 6.07) is 29.4. The number of hydrogen-bond donors (Lipinski definition) is 1. The molecule has 0 unspecified atom stereocenters. The summed E-state index contributed by atoms with van der Waals surface area (Å²) in [5.41, 5.74) is 6.63. The van der Waals surface area contributed by atoms with Crippen molar-refractivity contribution in [3.05, 3.63) is 129 Å². The number of imide groups is 2. The molecule has 46 heavy (non-hydrogen) atoms. The first kappa shape index (κ1) is 30.0. The van der Waals surface area contributed by atoms with Gasteiger partial charge in [0.25, 0.3) is 11.8 Å². The quantitative estimate of drug-likeness (QED) is 0.167. The smallest absolute Gasteiger partial charge is 0.335 e. The van der Waals surface area contributed by atoms with E-state index in [9.17, 15) is 14.4 Å². The van der Waals surface area contributed by atoms with Crippen LogP contribution in [0.15, 0.2) is 101 Å². The van der Waals surface area contributed by atoms with E-state index in [0.717, 1.165) is 46.4 Å². The van der Waals surface area contributed by atoms with Gasteiger partial charge >= 0.3 is 6.03 Å². The number of ether oxygens (including phenoxy) is 1. The maximum Gasteiger partial charge on any atom is 0.335 e. The molecule has 3 aliphatic rings. The first-order valence-corrected chi connectivity index (χ1v) is 16.5. The van der Waals surface area contributed by atoms with E-state index < -0.39 is 17.8 Å². The number of benzene rings is 4. The summed E-state index contributed by atoms with van der Waals surface area (Å²) in [6.07, 6.45) is 3.22. The van der Waals surface area contributed by atoms with Gasteiger partial charge in [-0.2, -0.15) is 0 Å². The Kier molecular flexibility index (Phi) is 7.99. The molecule has 4 aromatic rings. The molecular formula is C38H34BrN3O4. The van der Waals surface area contributed by atoms with Crippen LogP contribution < -0.4 is 19.9 Å². The fraction of sp³-hybridized carbons (Fsp3) is 0.237. The monoisotopic (exact) mass is 675 g/mol. The minimum Gasteiger partial charge on any atom is -0.490 e. The van der Waals surface area contributed by atoms with Crippen LogP contribution in [-0.2, 0) is 9.59 Å². The number of nitrogens with zero attached hydrogens (tertiary/aromatic N) is 2. The van der Waals surface area contributed by atoms with E-state index in [2.05, 4.69) is 50.4 Å². The summed E-state index contributed by atoms with van der Waals surface area (Å²) < 4.78 is 6.74. The number of hydrogen-bond acceptors (Lipinski definition) is 5. The topological polar surface area (TPSA) is 79.0 Å². The molecule has 4 amide bonds. The highest BCUT2D eigenvalue weighted by Crippen LogP contribution is 2.50. The Balaban J connectivity index is 1.38. The standard InChI is InChI=1S/C38H34BrN3O4/c1-23(2)46-34-14-13-27(39)19-26(34)20-33-36(43)40-38(45)42(37(33)44)28-21-31-29(24-9-5-3-6-10-24)15-17-41-18-16-30(32(22-28)35(31)41)25-11-7-4-8-12-25/h3-14,19-23,29-30H,15-18H2,1-2H3,(H,40,43,45)/b33-20+/t29-,30-/m0/s1. The normalized spacial score (nSPS) is 20.2. The third-order valence-corrected chi connectivity index (χ3v) is 9.49. The van der Waals surface area contributed by atoms with Gasteiger partial charge in [0.15, 0.2) is 0 Å². The minimum absolute atomic E-state index is 0.0951. The molecule has 0 radical (unpaired) electrons. The van der Waals surface area contributed by atoms with Crippen molar-refractivity contribution in [1.82, 2.24) is 5.32 Å². The lowest BCUT2D eigenvalue weighted by Crippen LogP contribution is -2.54. The van der Waals surface area contributed by atoms with Gasteiger partial charge in [-0.3, -0.25) is 14.9 Å². The summed E-state index contributed by atoms with van der Waals surface area (Å²) >= 11 is 3.49. The lowest BCUT2D eigenvalue weighted by Gasteiger charge is -2.44. The summed E-state index contributed by atoms with van der Waals surface area (Å²) in [4.78, 5) is 44.5. The van der Waals surface area contributed by atoms with Crippen molar-refractivity contribution in [3.63, 3.8) is 0 Å². The lowest BCUT2D eigenvalue weighted by atomic mass is 9.76. The number of halogens is 1. The molecule has 1 fully saturated rings. The number of urea groups is 1. The van der Waals surface area contributed by atoms with Crippen LogP contribution in [0.25, 0.3) is 6.08 Å². The predicted octanol–water partition coefficient (Wildman–Crippen LogP) is 7.78. The molecule has 7 rings (SSSR count). The zero-order valence-corrected chi connectivity index (χ0v) is 27.3. The van der Waals surface area contributed by atoms with Crippen molar-refractivity contribution in [1.29, 1.82) is 0 Å². The lowest BCUT2D eigenvalue weighted by molar-refractivity contribution is -0.122. The summed E-state index contributed by atoms with van der Waals surface area (Å²) in [5, 5.41) is 2.43. The molecule has 2 atom stereocenters. The van der Waals surface area contributed by atoms with E-state index in [4.69, 9.17) is 4.74 Å². The van der Waals surface area contributed by atoms with Crippen molar-refractivity contribution in [2.75, 3.05) is 22.9 Å². The average molecular weight is 677 g/mol. The highest BCUT2D eigenvalue weighted by atomic mass is 79.9. The Labute approximate surface area is 277 Å². The van der Waals surface area contributed by atoms with Crippen molar-refractivity contribution < 1.29 is 19.1 Å². The number of rotatable bonds is 6. The third kappa shape index (κ3) is 5.51. The first-order chi connectivity index (χ1) is 22.3. The van der Waals surface area contributed by atoms with Crippen LogP contribution in [0.1, 0.15) is 66.3 Å². The highest BCUT2D eigenvalue weighted by molar-refractivity contribution is 9.10. The van der Waals surface area contributed by atoms with Gasteiger partial charge < -0.3 is 9.64 Å². The number of carbonyl (C=O) groups excluding carboxylic acids is 3. The number of carbonyl (C=O) groups is 3. The summed E-state index contributed by atoms with van der Waals surface area (Å²) in [6.45, 7) is 5.68. The second kappa shape index (κ2) is 12.2. The van der Waals surface area contributed by atoms with Crippen molar-refractivity contribution in [2.45, 2.75) is 44.6 Å². The van der Waals surface area contributed by atoms with Gasteiger partial charge in [0.2, 0.25) is 0 Å². The van der Waals surface area contributed by atoms with Gasteiger partial charge in [0, 0.05) is 40.6 Å². The van der Waals surface area contributed by atoms with Gasteiger partial charge in [0.05, 0.1) is 11.8 Å². The van der Waals surface area contributed by atoms with E-state index in [1.807, 2.05) is 68.4 Å². The predicted molar refractivity (Wildman–Crippen MR) is 183 cm³/mol. The molecule has 0 aliphatic carbocycles. The van der Waals surface area contributed by atoms with Gasteiger partial charge in [-0.05, 0) is 85.4 Å². The molecule has 1 saturated heterocycles. The van der Waals surface area contributed by atoms with Crippen LogP contribution in [0.4, 0.5) is 16.2 Å². The van der Waals surface area contributed by atoms with Crippen molar-refractivity contribution in [2.24, 2.45) is 0 Å². The number of barbiturate groups is 1. The molecular weight excluding hydrogens is 642 g/mol. The average Bonchev–Trinajstić information content (AvgIpc) is 3.05.